The number of hydrogen-bond donors (Lipinski definition) is 1. The number of methoxy groups -OCH3 is 1. The van der Waals surface area contributed by atoms with Crippen molar-refractivity contribution in [1.29, 1.82) is 0 Å². The van der Waals surface area contributed by atoms with E-state index in [-0.39, 0.29) is 22.4 Å². The first-order valence-corrected chi connectivity index (χ1v) is 6.91. The van der Waals surface area contributed by atoms with Crippen LogP contribution in [0.3, 0.4) is 0 Å². The van der Waals surface area contributed by atoms with Gasteiger partial charge in [-0.2, -0.15) is 0 Å². The quantitative estimate of drug-likeness (QED) is 0.858. The van der Waals surface area contributed by atoms with Gasteiger partial charge >= 0.3 is 0 Å². The first-order valence-electron chi connectivity index (χ1n) is 6.91. The van der Waals surface area contributed by atoms with Gasteiger partial charge in [0.15, 0.2) is 5.78 Å². The number of benzene rings is 2. The van der Waals surface area contributed by atoms with Crippen LogP contribution in [0, 0.1) is 11.6 Å². The van der Waals surface area contributed by atoms with Gasteiger partial charge in [-0.1, -0.05) is 25.1 Å². The van der Waals surface area contributed by atoms with Gasteiger partial charge in [0.25, 0.3) is 0 Å². The highest BCUT2D eigenvalue weighted by Crippen LogP contribution is 2.30. The number of ether oxygens (including phenoxy) is 1. The summed E-state index contributed by atoms with van der Waals surface area (Å²) in [5, 5.41) is 0. The van der Waals surface area contributed by atoms with Crippen molar-refractivity contribution in [2.45, 2.75) is 19.4 Å². The number of nitrogens with two attached hydrogens (primary N) is 1. The summed E-state index contributed by atoms with van der Waals surface area (Å²) in [6.45, 7) is 1.82. The van der Waals surface area contributed by atoms with Crippen LogP contribution < -0.4 is 10.5 Å². The summed E-state index contributed by atoms with van der Waals surface area (Å²) in [7, 11) is 1.34. The maximum atomic E-state index is 14.7. The van der Waals surface area contributed by atoms with E-state index in [1.165, 1.54) is 37.4 Å². The zero-order chi connectivity index (χ0) is 16.3. The smallest absolute Gasteiger partial charge is 0.199 e. The van der Waals surface area contributed by atoms with E-state index in [0.29, 0.717) is 6.42 Å². The van der Waals surface area contributed by atoms with Crippen LogP contribution in [0.4, 0.5) is 8.78 Å². The molecule has 2 aromatic carbocycles. The molecule has 2 aromatic rings. The van der Waals surface area contributed by atoms with Crippen LogP contribution >= 0.6 is 0 Å². The molecule has 5 heteroatoms. The summed E-state index contributed by atoms with van der Waals surface area (Å²) < 4.78 is 33.1. The fraction of sp³-hybridized carbons (Fsp3) is 0.235. The van der Waals surface area contributed by atoms with Gasteiger partial charge in [-0.05, 0) is 24.6 Å². The third kappa shape index (κ3) is 2.99. The fourth-order valence-corrected chi connectivity index (χ4v) is 2.24. The second-order valence-corrected chi connectivity index (χ2v) is 4.90. The Balaban J connectivity index is 2.59. The molecule has 0 aliphatic rings. The molecule has 1 atom stereocenters. The van der Waals surface area contributed by atoms with Crippen molar-refractivity contribution in [3.8, 4) is 5.75 Å². The van der Waals surface area contributed by atoms with Crippen LogP contribution in [0.5, 0.6) is 5.75 Å². The highest BCUT2D eigenvalue weighted by Gasteiger charge is 2.24. The maximum absolute atomic E-state index is 14.7. The van der Waals surface area contributed by atoms with E-state index in [0.717, 1.165) is 6.07 Å². The lowest BCUT2D eigenvalue weighted by molar-refractivity contribution is 0.103. The predicted molar refractivity (Wildman–Crippen MR) is 80.0 cm³/mol. The van der Waals surface area contributed by atoms with Crippen molar-refractivity contribution in [2.75, 3.05) is 7.11 Å². The van der Waals surface area contributed by atoms with E-state index in [2.05, 4.69) is 0 Å². The lowest BCUT2D eigenvalue weighted by atomic mass is 9.96. The van der Waals surface area contributed by atoms with Crippen LogP contribution in [0.1, 0.15) is 40.9 Å². The molecule has 0 fully saturated rings. The summed E-state index contributed by atoms with van der Waals surface area (Å²) in [4.78, 5) is 12.5. The molecule has 0 aliphatic heterocycles. The van der Waals surface area contributed by atoms with Gasteiger partial charge < -0.3 is 10.5 Å². The predicted octanol–water partition coefficient (Wildman–Crippen LogP) is 3.61. The van der Waals surface area contributed by atoms with E-state index in [1.54, 1.807) is 0 Å². The molecule has 0 aliphatic carbocycles. The molecular formula is C17H17F2NO2. The largest absolute Gasteiger partial charge is 0.496 e. The van der Waals surface area contributed by atoms with Crippen molar-refractivity contribution in [3.05, 3.63) is 64.7 Å². The Morgan fingerprint density at radius 1 is 1.27 bits per heavy atom. The second kappa shape index (κ2) is 6.66. The van der Waals surface area contributed by atoms with Crippen molar-refractivity contribution in [3.63, 3.8) is 0 Å². The van der Waals surface area contributed by atoms with E-state index < -0.39 is 23.5 Å². The molecule has 0 radical (unpaired) electrons. The summed E-state index contributed by atoms with van der Waals surface area (Å²) in [5.74, 6) is -1.83. The molecule has 2 N–H and O–H groups in total. The molecule has 0 saturated carbocycles. The number of carbonyl (C=O) groups excluding carboxylic acids is 1. The van der Waals surface area contributed by atoms with Crippen LogP contribution in [0.25, 0.3) is 0 Å². The maximum Gasteiger partial charge on any atom is 0.199 e. The second-order valence-electron chi connectivity index (χ2n) is 4.90. The molecule has 0 heterocycles. The number of halogens is 2. The molecule has 3 nitrogen and oxygen atoms in total. The first kappa shape index (κ1) is 16.1. The topological polar surface area (TPSA) is 52.3 Å². The van der Waals surface area contributed by atoms with Crippen LogP contribution in [0.15, 0.2) is 36.4 Å². The first-order chi connectivity index (χ1) is 10.5. The van der Waals surface area contributed by atoms with Crippen LogP contribution in [-0.2, 0) is 0 Å². The Morgan fingerprint density at radius 2 is 2.00 bits per heavy atom. The van der Waals surface area contributed by atoms with E-state index in [9.17, 15) is 13.6 Å². The molecule has 0 saturated heterocycles. The Labute approximate surface area is 127 Å². The highest BCUT2D eigenvalue weighted by molar-refractivity contribution is 6.11. The van der Waals surface area contributed by atoms with Gasteiger partial charge in [-0.15, -0.1) is 0 Å². The third-order valence-electron chi connectivity index (χ3n) is 3.51. The minimum atomic E-state index is -0.719. The SMILES string of the molecule is CC[C@@H](N)c1ccc(OC)c(C(=O)c2cccc(F)c2)c1F. The normalized spacial score (nSPS) is 12.0. The standard InChI is InChI=1S/C17H17F2NO2/c1-3-13(20)12-7-8-14(22-2)15(16(12)19)17(21)10-5-4-6-11(18)9-10/h4-9,13H,3,20H2,1-2H3/t13-/m1/s1. The zero-order valence-corrected chi connectivity index (χ0v) is 12.4. The molecule has 0 aromatic heterocycles. The lowest BCUT2D eigenvalue weighted by Gasteiger charge is -2.15. The van der Waals surface area contributed by atoms with Gasteiger partial charge in [0.1, 0.15) is 22.9 Å². The zero-order valence-electron chi connectivity index (χ0n) is 12.4. The summed E-state index contributed by atoms with van der Waals surface area (Å²) >= 11 is 0. The molecule has 22 heavy (non-hydrogen) atoms. The Bertz CT molecular complexity index is 701. The van der Waals surface area contributed by atoms with E-state index in [1.807, 2.05) is 6.92 Å². The van der Waals surface area contributed by atoms with E-state index in [4.69, 9.17) is 10.5 Å². The van der Waals surface area contributed by atoms with Crippen LogP contribution in [-0.4, -0.2) is 12.9 Å². The van der Waals surface area contributed by atoms with Crippen LogP contribution in [0.2, 0.25) is 0 Å². The molecule has 0 unspecified atom stereocenters. The molecule has 0 spiro atoms. The average molecular weight is 305 g/mol. The fourth-order valence-electron chi connectivity index (χ4n) is 2.24. The number of ketones is 1. The lowest BCUT2D eigenvalue weighted by Crippen LogP contribution is -2.15. The molecule has 116 valence electrons. The number of rotatable bonds is 5. The summed E-state index contributed by atoms with van der Waals surface area (Å²) in [5.41, 5.74) is 5.93. The van der Waals surface area contributed by atoms with Gasteiger partial charge in [-0.25, -0.2) is 8.78 Å². The van der Waals surface area contributed by atoms with Gasteiger partial charge in [-0.3, -0.25) is 4.79 Å². The van der Waals surface area contributed by atoms with Gasteiger partial charge in [0, 0.05) is 17.2 Å². The Kier molecular flexibility index (Phi) is 4.88. The number of carbonyl (C=O) groups is 1. The Hall–Kier alpha value is -2.27. The van der Waals surface area contributed by atoms with Gasteiger partial charge in [0.05, 0.1) is 7.11 Å². The molecule has 2 rings (SSSR count). The van der Waals surface area contributed by atoms with Crippen molar-refractivity contribution in [2.24, 2.45) is 5.73 Å². The summed E-state index contributed by atoms with van der Waals surface area (Å²) in [6.07, 6.45) is 0.525. The van der Waals surface area contributed by atoms with Crippen molar-refractivity contribution in [1.82, 2.24) is 0 Å². The van der Waals surface area contributed by atoms with Crippen molar-refractivity contribution < 1.29 is 18.3 Å². The molecular weight excluding hydrogens is 288 g/mol. The van der Waals surface area contributed by atoms with E-state index >= 15 is 0 Å². The third-order valence-corrected chi connectivity index (χ3v) is 3.51. The number of hydrogen-bond acceptors (Lipinski definition) is 3. The van der Waals surface area contributed by atoms with Gasteiger partial charge in [0.2, 0.25) is 0 Å². The molecule has 0 bridgehead atoms. The molecule has 0 amide bonds. The summed E-state index contributed by atoms with van der Waals surface area (Å²) in [6, 6.07) is 7.59. The Morgan fingerprint density at radius 3 is 2.59 bits per heavy atom. The van der Waals surface area contributed by atoms with Crippen molar-refractivity contribution >= 4 is 5.78 Å². The monoisotopic (exact) mass is 305 g/mol. The minimum Gasteiger partial charge on any atom is -0.496 e. The average Bonchev–Trinajstić information content (AvgIpc) is 2.53. The minimum absolute atomic E-state index is 0.0550. The highest BCUT2D eigenvalue weighted by atomic mass is 19.1.